The average Bonchev–Trinajstić information content (AvgIpc) is 2.45. The van der Waals surface area contributed by atoms with E-state index < -0.39 is 0 Å². The molecular weight excluding hydrogens is 238 g/mol. The van der Waals surface area contributed by atoms with Gasteiger partial charge >= 0.3 is 0 Å². The average molecular weight is 261 g/mol. The van der Waals surface area contributed by atoms with Gasteiger partial charge in [0.05, 0.1) is 0 Å². The van der Waals surface area contributed by atoms with Gasteiger partial charge in [-0.3, -0.25) is 0 Å². The van der Waals surface area contributed by atoms with Crippen LogP contribution < -0.4 is 15.2 Å². The van der Waals surface area contributed by atoms with Crippen molar-refractivity contribution >= 4 is 0 Å². The maximum Gasteiger partial charge on any atom is 0.161 e. The quantitative estimate of drug-likeness (QED) is 0.909. The van der Waals surface area contributed by atoms with Gasteiger partial charge in [-0.1, -0.05) is 19.9 Å². The monoisotopic (exact) mass is 261 g/mol. The first kappa shape index (κ1) is 12.8. The lowest BCUT2D eigenvalue weighted by atomic mass is 9.52. The van der Waals surface area contributed by atoms with Gasteiger partial charge in [0.25, 0.3) is 0 Å². The van der Waals surface area contributed by atoms with Crippen LogP contribution in [-0.2, 0) is 0 Å². The van der Waals surface area contributed by atoms with E-state index in [2.05, 4.69) is 26.0 Å². The zero-order chi connectivity index (χ0) is 13.5. The van der Waals surface area contributed by atoms with Crippen molar-refractivity contribution in [3.05, 3.63) is 23.8 Å². The Bertz CT molecular complexity index is 468. The molecule has 19 heavy (non-hydrogen) atoms. The van der Waals surface area contributed by atoms with Crippen molar-refractivity contribution in [1.82, 2.24) is 0 Å². The molecule has 1 heterocycles. The van der Waals surface area contributed by atoms with Gasteiger partial charge in [0.1, 0.15) is 13.2 Å². The Kier molecular flexibility index (Phi) is 3.17. The first-order valence-corrected chi connectivity index (χ1v) is 7.36. The van der Waals surface area contributed by atoms with Crippen LogP contribution in [-0.4, -0.2) is 19.3 Å². The smallest absolute Gasteiger partial charge is 0.161 e. The molecule has 1 aliphatic carbocycles. The lowest BCUT2D eigenvalue weighted by Gasteiger charge is -2.55. The highest BCUT2D eigenvalue weighted by Crippen LogP contribution is 2.57. The number of ether oxygens (including phenoxy) is 2. The molecule has 3 heteroatoms. The first-order chi connectivity index (χ1) is 9.21. The zero-order valence-electron chi connectivity index (χ0n) is 11.8. The fourth-order valence-electron chi connectivity index (χ4n) is 3.83. The lowest BCUT2D eigenvalue weighted by molar-refractivity contribution is 0.0434. The molecule has 0 radical (unpaired) electrons. The zero-order valence-corrected chi connectivity index (χ0v) is 11.8. The minimum Gasteiger partial charge on any atom is -0.486 e. The van der Waals surface area contributed by atoms with E-state index >= 15 is 0 Å². The van der Waals surface area contributed by atoms with Crippen molar-refractivity contribution < 1.29 is 9.47 Å². The summed E-state index contributed by atoms with van der Waals surface area (Å²) in [6.07, 6.45) is 3.37. The summed E-state index contributed by atoms with van der Waals surface area (Å²) in [6.45, 7) is 5.81. The van der Waals surface area contributed by atoms with Gasteiger partial charge in [-0.2, -0.15) is 0 Å². The molecule has 1 aromatic carbocycles. The number of nitrogens with two attached hydrogens (primary N) is 1. The number of hydrogen-bond acceptors (Lipinski definition) is 3. The Labute approximate surface area is 115 Å². The number of rotatable bonds is 3. The number of benzene rings is 1. The molecule has 2 aliphatic rings. The second-order valence-corrected chi connectivity index (χ2v) is 5.74. The molecule has 1 saturated carbocycles. The Balaban J connectivity index is 1.90. The van der Waals surface area contributed by atoms with Crippen LogP contribution in [0.1, 0.15) is 44.6 Å². The molecule has 1 fully saturated rings. The van der Waals surface area contributed by atoms with E-state index in [1.165, 1.54) is 5.56 Å². The van der Waals surface area contributed by atoms with Crippen LogP contribution >= 0.6 is 0 Å². The van der Waals surface area contributed by atoms with E-state index in [1.807, 2.05) is 6.07 Å². The summed E-state index contributed by atoms with van der Waals surface area (Å²) >= 11 is 0. The van der Waals surface area contributed by atoms with Crippen LogP contribution in [0.5, 0.6) is 11.5 Å². The molecule has 2 unspecified atom stereocenters. The molecule has 1 aliphatic heterocycles. The van der Waals surface area contributed by atoms with Crippen molar-refractivity contribution in [2.24, 2.45) is 11.1 Å². The third-order valence-electron chi connectivity index (χ3n) is 5.21. The summed E-state index contributed by atoms with van der Waals surface area (Å²) in [7, 11) is 0. The largest absolute Gasteiger partial charge is 0.486 e. The Hall–Kier alpha value is -1.22. The summed E-state index contributed by atoms with van der Waals surface area (Å²) in [5, 5.41) is 0. The molecule has 0 spiro atoms. The lowest BCUT2D eigenvalue weighted by Crippen LogP contribution is -2.55. The maximum absolute atomic E-state index is 6.29. The molecule has 1 aromatic rings. The number of fused-ring (bicyclic) bond motifs is 1. The van der Waals surface area contributed by atoms with E-state index in [1.54, 1.807) is 0 Å². The molecule has 3 nitrogen and oxygen atoms in total. The van der Waals surface area contributed by atoms with Crippen LogP contribution in [0.25, 0.3) is 0 Å². The molecule has 2 N–H and O–H groups in total. The molecule has 0 saturated heterocycles. The highest BCUT2D eigenvalue weighted by Gasteiger charge is 2.51. The summed E-state index contributed by atoms with van der Waals surface area (Å²) < 4.78 is 11.3. The van der Waals surface area contributed by atoms with Crippen molar-refractivity contribution in [3.8, 4) is 11.5 Å². The minimum absolute atomic E-state index is 0.268. The van der Waals surface area contributed by atoms with Crippen LogP contribution in [0, 0.1) is 5.41 Å². The summed E-state index contributed by atoms with van der Waals surface area (Å²) in [5.41, 5.74) is 7.91. The molecule has 2 atom stereocenters. The van der Waals surface area contributed by atoms with Crippen molar-refractivity contribution in [3.63, 3.8) is 0 Å². The fourth-order valence-corrected chi connectivity index (χ4v) is 3.83. The predicted molar refractivity (Wildman–Crippen MR) is 75.8 cm³/mol. The van der Waals surface area contributed by atoms with Gasteiger partial charge in [0.15, 0.2) is 11.5 Å². The van der Waals surface area contributed by atoms with Crippen molar-refractivity contribution in [2.75, 3.05) is 13.2 Å². The van der Waals surface area contributed by atoms with Gasteiger partial charge in [-0.25, -0.2) is 0 Å². The predicted octanol–water partition coefficient (Wildman–Crippen LogP) is 3.08. The Morgan fingerprint density at radius 3 is 2.47 bits per heavy atom. The summed E-state index contributed by atoms with van der Waals surface area (Å²) in [5.74, 6) is 2.33. The second-order valence-electron chi connectivity index (χ2n) is 5.74. The molecule has 3 rings (SSSR count). The normalized spacial score (nSPS) is 27.7. The van der Waals surface area contributed by atoms with Crippen LogP contribution in [0.4, 0.5) is 0 Å². The Morgan fingerprint density at radius 2 is 1.84 bits per heavy atom. The molecule has 0 aromatic heterocycles. The number of hydrogen-bond donors (Lipinski definition) is 1. The maximum atomic E-state index is 6.29. The fraction of sp³-hybridized carbons (Fsp3) is 0.625. The molecule has 0 amide bonds. The van der Waals surface area contributed by atoms with Crippen LogP contribution in [0.15, 0.2) is 18.2 Å². The third kappa shape index (κ3) is 1.83. The summed E-state index contributed by atoms with van der Waals surface area (Å²) in [4.78, 5) is 0. The molecule has 0 bridgehead atoms. The van der Waals surface area contributed by atoms with E-state index in [4.69, 9.17) is 15.2 Å². The standard InChI is InChI=1S/C16H23NO2/c1-3-16(4-2)12(10-15(16)17)11-5-6-13-14(9-11)19-8-7-18-13/h5-6,9,12,15H,3-4,7-8,10,17H2,1-2H3. The minimum atomic E-state index is 0.268. The SMILES string of the molecule is CCC1(CC)C(N)CC1c1ccc2c(c1)OCCO2. The van der Waals surface area contributed by atoms with Gasteiger partial charge in [0.2, 0.25) is 0 Å². The topological polar surface area (TPSA) is 44.5 Å². The first-order valence-electron chi connectivity index (χ1n) is 7.36. The van der Waals surface area contributed by atoms with Crippen LogP contribution in [0.3, 0.4) is 0 Å². The highest BCUT2D eigenvalue weighted by molar-refractivity contribution is 5.46. The highest BCUT2D eigenvalue weighted by atomic mass is 16.6. The van der Waals surface area contributed by atoms with E-state index in [-0.39, 0.29) is 5.41 Å². The van der Waals surface area contributed by atoms with Crippen molar-refractivity contribution in [1.29, 1.82) is 0 Å². The summed E-state index contributed by atoms with van der Waals surface area (Å²) in [6, 6.07) is 6.72. The van der Waals surface area contributed by atoms with Gasteiger partial charge in [-0.05, 0) is 48.3 Å². The molecule has 104 valence electrons. The van der Waals surface area contributed by atoms with E-state index in [9.17, 15) is 0 Å². The van der Waals surface area contributed by atoms with Crippen molar-refractivity contribution in [2.45, 2.75) is 45.1 Å². The van der Waals surface area contributed by atoms with Gasteiger partial charge in [0, 0.05) is 6.04 Å². The second kappa shape index (κ2) is 4.71. The third-order valence-corrected chi connectivity index (χ3v) is 5.21. The van der Waals surface area contributed by atoms with Gasteiger partial charge < -0.3 is 15.2 Å². The van der Waals surface area contributed by atoms with E-state index in [0.717, 1.165) is 30.8 Å². The Morgan fingerprint density at radius 1 is 1.16 bits per heavy atom. The van der Waals surface area contributed by atoms with Crippen LogP contribution in [0.2, 0.25) is 0 Å². The van der Waals surface area contributed by atoms with Gasteiger partial charge in [-0.15, -0.1) is 0 Å². The molecular formula is C16H23NO2. The van der Waals surface area contributed by atoms with E-state index in [0.29, 0.717) is 25.2 Å².